The van der Waals surface area contributed by atoms with Gasteiger partial charge in [0.2, 0.25) is 0 Å². The molecule has 0 radical (unpaired) electrons. The molecule has 0 saturated heterocycles. The maximum absolute atomic E-state index is 2.34. The molecule has 0 aliphatic carbocycles. The first kappa shape index (κ1) is 42.7. The van der Waals surface area contributed by atoms with Gasteiger partial charge in [0.15, 0.2) is 0 Å². The standard InChI is InChI=1S/C66H51N3/c1-2-49-46-47-67(48-49)60-32-18-56(19-33-60)57-26-40-64(41-27-57)69(63-38-24-55(25-39-63)52-16-10-5-11-17-52)66-44-30-59(31-45-66)58-28-42-65(43-29-58)68(61-34-20-53(21-35-61)50-12-6-3-7-13-50)62-36-22-54(23-37-62)51-14-8-4-9-15-51/h3-48H,2H2,1H3. The summed E-state index contributed by atoms with van der Waals surface area (Å²) in [5.41, 5.74) is 20.9. The Kier molecular flexibility index (Phi) is 12.1. The SMILES string of the molecule is CCc1ccn(-c2ccc(-c3ccc(N(c4ccc(-c5ccccc5)cc4)c4ccc(-c5ccc(N(c6ccc(-c7ccccc7)cc6)c6ccc(-c7ccccc7)cc6)cc5)cc4)cc3)cc2)c1. The van der Waals surface area contributed by atoms with Crippen molar-refractivity contribution in [2.75, 3.05) is 9.80 Å². The molecule has 0 bridgehead atoms. The van der Waals surface area contributed by atoms with E-state index >= 15 is 0 Å². The second kappa shape index (κ2) is 19.5. The number of aromatic nitrogens is 1. The molecule has 0 saturated carbocycles. The van der Waals surface area contributed by atoms with Gasteiger partial charge in [0.1, 0.15) is 0 Å². The quantitative estimate of drug-likeness (QED) is 0.114. The lowest BCUT2D eigenvalue weighted by molar-refractivity contribution is 1.05. The highest BCUT2D eigenvalue weighted by Crippen LogP contribution is 2.40. The van der Waals surface area contributed by atoms with E-state index in [4.69, 9.17) is 0 Å². The largest absolute Gasteiger partial charge is 0.324 e. The van der Waals surface area contributed by atoms with Gasteiger partial charge >= 0.3 is 0 Å². The molecule has 11 aromatic rings. The van der Waals surface area contributed by atoms with Crippen molar-refractivity contribution >= 4 is 34.1 Å². The van der Waals surface area contributed by atoms with Crippen LogP contribution in [0, 0.1) is 0 Å². The predicted octanol–water partition coefficient (Wildman–Crippen LogP) is 18.3. The monoisotopic (exact) mass is 885 g/mol. The molecular weight excluding hydrogens is 835 g/mol. The molecule has 330 valence electrons. The van der Waals surface area contributed by atoms with Gasteiger partial charge in [-0.25, -0.2) is 0 Å². The van der Waals surface area contributed by atoms with Crippen molar-refractivity contribution in [3.8, 4) is 61.3 Å². The van der Waals surface area contributed by atoms with Gasteiger partial charge in [-0.2, -0.15) is 0 Å². The first-order chi connectivity index (χ1) is 34.1. The zero-order chi connectivity index (χ0) is 46.4. The summed E-state index contributed by atoms with van der Waals surface area (Å²) in [4.78, 5) is 4.68. The second-order valence-corrected chi connectivity index (χ2v) is 17.4. The van der Waals surface area contributed by atoms with Crippen LogP contribution in [-0.2, 0) is 6.42 Å². The number of hydrogen-bond acceptors (Lipinski definition) is 2. The van der Waals surface area contributed by atoms with Crippen LogP contribution in [0.15, 0.2) is 279 Å². The fourth-order valence-electron chi connectivity index (χ4n) is 9.24. The molecule has 0 atom stereocenters. The third kappa shape index (κ3) is 9.27. The van der Waals surface area contributed by atoms with Crippen LogP contribution < -0.4 is 9.80 Å². The number of anilines is 6. The molecule has 3 heteroatoms. The zero-order valence-electron chi connectivity index (χ0n) is 38.6. The van der Waals surface area contributed by atoms with E-state index in [0.717, 1.165) is 57.4 Å². The molecule has 11 rings (SSSR count). The van der Waals surface area contributed by atoms with Crippen LogP contribution in [0.5, 0.6) is 0 Å². The van der Waals surface area contributed by atoms with Gasteiger partial charge in [-0.3, -0.25) is 0 Å². The molecule has 0 N–H and O–H groups in total. The Morgan fingerprint density at radius 1 is 0.261 bits per heavy atom. The lowest BCUT2D eigenvalue weighted by atomic mass is 10.0. The summed E-state index contributed by atoms with van der Waals surface area (Å²) in [6.45, 7) is 2.19. The zero-order valence-corrected chi connectivity index (χ0v) is 38.6. The minimum atomic E-state index is 1.03. The molecule has 0 amide bonds. The van der Waals surface area contributed by atoms with Crippen LogP contribution in [0.2, 0.25) is 0 Å². The molecule has 0 spiro atoms. The minimum Gasteiger partial charge on any atom is -0.324 e. The summed E-state index contributed by atoms with van der Waals surface area (Å²) in [7, 11) is 0. The van der Waals surface area contributed by atoms with Crippen LogP contribution in [0.1, 0.15) is 12.5 Å². The molecule has 10 aromatic carbocycles. The number of rotatable bonds is 13. The van der Waals surface area contributed by atoms with Crippen molar-refractivity contribution < 1.29 is 0 Å². The van der Waals surface area contributed by atoms with E-state index < -0.39 is 0 Å². The van der Waals surface area contributed by atoms with Crippen LogP contribution in [0.4, 0.5) is 34.1 Å². The van der Waals surface area contributed by atoms with E-state index in [0.29, 0.717) is 0 Å². The Labute approximate surface area is 406 Å². The molecule has 0 fully saturated rings. The number of nitrogens with zero attached hydrogens (tertiary/aromatic N) is 3. The summed E-state index contributed by atoms with van der Waals surface area (Å²) >= 11 is 0. The molecule has 3 nitrogen and oxygen atoms in total. The molecule has 69 heavy (non-hydrogen) atoms. The molecule has 1 aromatic heterocycles. The first-order valence-electron chi connectivity index (χ1n) is 23.8. The molecule has 0 aliphatic heterocycles. The van der Waals surface area contributed by atoms with Crippen molar-refractivity contribution in [3.63, 3.8) is 0 Å². The van der Waals surface area contributed by atoms with Crippen molar-refractivity contribution in [2.45, 2.75) is 13.3 Å². The van der Waals surface area contributed by atoms with E-state index in [1.54, 1.807) is 0 Å². The average Bonchev–Trinajstić information content (AvgIpc) is 3.93. The smallest absolute Gasteiger partial charge is 0.0462 e. The number of aryl methyl sites for hydroxylation is 1. The fraction of sp³-hybridized carbons (Fsp3) is 0.0303. The summed E-state index contributed by atoms with van der Waals surface area (Å²) in [6.07, 6.45) is 5.38. The number of hydrogen-bond donors (Lipinski definition) is 0. The summed E-state index contributed by atoms with van der Waals surface area (Å²) < 4.78 is 2.20. The van der Waals surface area contributed by atoms with E-state index in [1.807, 2.05) is 0 Å². The highest BCUT2D eigenvalue weighted by atomic mass is 15.1. The minimum absolute atomic E-state index is 1.03. The summed E-state index contributed by atoms with van der Waals surface area (Å²) in [5.74, 6) is 0. The Morgan fingerprint density at radius 3 is 0.725 bits per heavy atom. The molecular formula is C66H51N3. The molecule has 1 heterocycles. The van der Waals surface area contributed by atoms with Gasteiger partial charge in [-0.1, -0.05) is 183 Å². The molecule has 0 aliphatic rings. The molecule has 0 unspecified atom stereocenters. The van der Waals surface area contributed by atoms with Gasteiger partial charge in [0, 0.05) is 52.2 Å². The van der Waals surface area contributed by atoms with Gasteiger partial charge in [-0.05, 0) is 159 Å². The average molecular weight is 886 g/mol. The maximum atomic E-state index is 2.34. The van der Waals surface area contributed by atoms with Gasteiger partial charge in [0.25, 0.3) is 0 Å². The van der Waals surface area contributed by atoms with Crippen molar-refractivity contribution in [3.05, 3.63) is 285 Å². The number of benzene rings is 10. The normalized spacial score (nSPS) is 11.0. The van der Waals surface area contributed by atoms with Crippen molar-refractivity contribution in [2.24, 2.45) is 0 Å². The van der Waals surface area contributed by atoms with E-state index in [9.17, 15) is 0 Å². The maximum Gasteiger partial charge on any atom is 0.0462 e. The Balaban J connectivity index is 0.888. The van der Waals surface area contributed by atoms with Gasteiger partial charge in [-0.15, -0.1) is 0 Å². The predicted molar refractivity (Wildman–Crippen MR) is 292 cm³/mol. The van der Waals surface area contributed by atoms with Gasteiger partial charge in [0.05, 0.1) is 0 Å². The van der Waals surface area contributed by atoms with Gasteiger partial charge < -0.3 is 14.4 Å². The lowest BCUT2D eigenvalue weighted by Crippen LogP contribution is -2.10. The van der Waals surface area contributed by atoms with E-state index in [-0.39, 0.29) is 0 Å². The third-order valence-corrected chi connectivity index (χ3v) is 13.1. The fourth-order valence-corrected chi connectivity index (χ4v) is 9.24. The first-order valence-corrected chi connectivity index (χ1v) is 23.8. The lowest BCUT2D eigenvalue weighted by Gasteiger charge is -2.27. The summed E-state index contributed by atoms with van der Waals surface area (Å²) in [5, 5.41) is 0. The van der Waals surface area contributed by atoms with Crippen LogP contribution >= 0.6 is 0 Å². The summed E-state index contributed by atoms with van der Waals surface area (Å²) in [6, 6.07) is 96.1. The highest BCUT2D eigenvalue weighted by molar-refractivity contribution is 5.83. The third-order valence-electron chi connectivity index (χ3n) is 13.1. The van der Waals surface area contributed by atoms with Crippen LogP contribution in [0.25, 0.3) is 61.3 Å². The van der Waals surface area contributed by atoms with Crippen LogP contribution in [-0.4, -0.2) is 4.57 Å². The Bertz CT molecular complexity index is 3300. The topological polar surface area (TPSA) is 11.4 Å². The van der Waals surface area contributed by atoms with E-state index in [1.165, 1.54) is 50.1 Å². The Morgan fingerprint density at radius 2 is 0.493 bits per heavy atom. The van der Waals surface area contributed by atoms with Crippen molar-refractivity contribution in [1.29, 1.82) is 0 Å². The highest BCUT2D eigenvalue weighted by Gasteiger charge is 2.16. The van der Waals surface area contributed by atoms with Crippen LogP contribution in [0.3, 0.4) is 0 Å². The van der Waals surface area contributed by atoms with Crippen molar-refractivity contribution in [1.82, 2.24) is 4.57 Å². The second-order valence-electron chi connectivity index (χ2n) is 17.4. The Hall–Kier alpha value is -8.92. The van der Waals surface area contributed by atoms with E-state index in [2.05, 4.69) is 301 Å².